The Morgan fingerprint density at radius 1 is 1.19 bits per heavy atom. The van der Waals surface area contributed by atoms with E-state index in [4.69, 9.17) is 0 Å². The molecular formula is C14H15F3N2O2. The molecule has 114 valence electrons. The Kier molecular flexibility index (Phi) is 4.20. The van der Waals surface area contributed by atoms with E-state index >= 15 is 0 Å². The number of rotatable bonds is 3. The molecule has 0 aliphatic heterocycles. The molecule has 1 fully saturated rings. The van der Waals surface area contributed by atoms with E-state index in [2.05, 4.69) is 10.6 Å². The van der Waals surface area contributed by atoms with Gasteiger partial charge in [-0.15, -0.1) is 0 Å². The zero-order valence-electron chi connectivity index (χ0n) is 11.4. The van der Waals surface area contributed by atoms with E-state index in [1.807, 2.05) is 0 Å². The first kappa shape index (κ1) is 15.3. The molecule has 1 saturated carbocycles. The predicted molar refractivity (Wildman–Crippen MR) is 71.7 cm³/mol. The molecule has 1 aliphatic rings. The Bertz CT molecular complexity index is 566. The summed E-state index contributed by atoms with van der Waals surface area (Å²) in [6.45, 7) is 1.21. The molecule has 2 N–H and O–H groups in total. The van der Waals surface area contributed by atoms with E-state index in [1.165, 1.54) is 13.0 Å². The highest BCUT2D eigenvalue weighted by molar-refractivity contribution is 5.95. The molecule has 7 heteroatoms. The van der Waals surface area contributed by atoms with Crippen molar-refractivity contribution in [2.24, 2.45) is 5.92 Å². The second kappa shape index (κ2) is 5.75. The lowest BCUT2D eigenvalue weighted by Gasteiger charge is -2.25. The standard InChI is InChI=1S/C14H15F3N2O2/c1-8(20)18-10-5-6-12(11(7-10)14(15,16)17)19-13(21)9-3-2-4-9/h5-7,9H,2-4H2,1H3,(H,18,20)(H,19,21). The quantitative estimate of drug-likeness (QED) is 0.899. The number of anilines is 2. The van der Waals surface area contributed by atoms with Crippen LogP contribution in [0.3, 0.4) is 0 Å². The first-order valence-corrected chi connectivity index (χ1v) is 6.57. The maximum atomic E-state index is 13.0. The monoisotopic (exact) mass is 300 g/mol. The minimum atomic E-state index is -4.61. The van der Waals surface area contributed by atoms with Gasteiger partial charge in [0, 0.05) is 18.5 Å². The molecule has 0 saturated heterocycles. The van der Waals surface area contributed by atoms with Crippen LogP contribution in [-0.2, 0) is 15.8 Å². The summed E-state index contributed by atoms with van der Waals surface area (Å²) >= 11 is 0. The third kappa shape index (κ3) is 3.74. The SMILES string of the molecule is CC(=O)Nc1ccc(NC(=O)C2CCC2)c(C(F)(F)F)c1. The first-order chi connectivity index (χ1) is 9.77. The number of carbonyl (C=O) groups is 2. The van der Waals surface area contributed by atoms with Gasteiger partial charge in [-0.05, 0) is 31.0 Å². The van der Waals surface area contributed by atoms with E-state index < -0.39 is 17.6 Å². The van der Waals surface area contributed by atoms with Crippen LogP contribution in [0.4, 0.5) is 24.5 Å². The highest BCUT2D eigenvalue weighted by Gasteiger charge is 2.35. The second-order valence-corrected chi connectivity index (χ2v) is 5.06. The number of benzene rings is 1. The lowest BCUT2D eigenvalue weighted by Crippen LogP contribution is -2.29. The summed E-state index contributed by atoms with van der Waals surface area (Å²) < 4.78 is 39.1. The Balaban J connectivity index is 2.26. The molecule has 0 radical (unpaired) electrons. The third-order valence-electron chi connectivity index (χ3n) is 3.38. The van der Waals surface area contributed by atoms with Crippen molar-refractivity contribution in [1.82, 2.24) is 0 Å². The normalized spacial score (nSPS) is 15.2. The van der Waals surface area contributed by atoms with Crippen LogP contribution >= 0.6 is 0 Å². The molecular weight excluding hydrogens is 285 g/mol. The third-order valence-corrected chi connectivity index (χ3v) is 3.38. The summed E-state index contributed by atoms with van der Waals surface area (Å²) in [5.41, 5.74) is -1.22. The van der Waals surface area contributed by atoms with E-state index in [1.54, 1.807) is 0 Å². The van der Waals surface area contributed by atoms with Crippen molar-refractivity contribution >= 4 is 23.2 Å². The van der Waals surface area contributed by atoms with Gasteiger partial charge in [-0.1, -0.05) is 6.42 Å². The van der Waals surface area contributed by atoms with Gasteiger partial charge >= 0.3 is 6.18 Å². The average Bonchev–Trinajstić information content (AvgIpc) is 2.26. The molecule has 1 aromatic rings. The minimum Gasteiger partial charge on any atom is -0.326 e. The molecule has 21 heavy (non-hydrogen) atoms. The van der Waals surface area contributed by atoms with E-state index in [9.17, 15) is 22.8 Å². The van der Waals surface area contributed by atoms with E-state index in [0.717, 1.165) is 18.6 Å². The average molecular weight is 300 g/mol. The first-order valence-electron chi connectivity index (χ1n) is 6.57. The molecule has 0 unspecified atom stereocenters. The number of hydrogen-bond donors (Lipinski definition) is 2. The van der Waals surface area contributed by atoms with Gasteiger partial charge in [-0.25, -0.2) is 0 Å². The van der Waals surface area contributed by atoms with Crippen LogP contribution in [-0.4, -0.2) is 11.8 Å². The molecule has 0 heterocycles. The Hall–Kier alpha value is -2.05. The predicted octanol–water partition coefficient (Wildman–Crippen LogP) is 3.40. The minimum absolute atomic E-state index is 0.0384. The summed E-state index contributed by atoms with van der Waals surface area (Å²) in [5, 5.41) is 4.62. The van der Waals surface area contributed by atoms with Crippen molar-refractivity contribution in [3.63, 3.8) is 0 Å². The molecule has 0 aromatic heterocycles. The van der Waals surface area contributed by atoms with Crippen molar-refractivity contribution in [1.29, 1.82) is 0 Å². The van der Waals surface area contributed by atoms with Crippen LogP contribution in [0, 0.1) is 5.92 Å². The van der Waals surface area contributed by atoms with Gasteiger partial charge < -0.3 is 10.6 Å². The van der Waals surface area contributed by atoms with Gasteiger partial charge in [0.05, 0.1) is 11.3 Å². The second-order valence-electron chi connectivity index (χ2n) is 5.06. The highest BCUT2D eigenvalue weighted by Crippen LogP contribution is 2.37. The maximum absolute atomic E-state index is 13.0. The van der Waals surface area contributed by atoms with E-state index in [-0.39, 0.29) is 23.2 Å². The number of hydrogen-bond acceptors (Lipinski definition) is 2. The summed E-state index contributed by atoms with van der Waals surface area (Å²) in [4.78, 5) is 22.7. The molecule has 0 spiro atoms. The van der Waals surface area contributed by atoms with Gasteiger partial charge in [0.2, 0.25) is 11.8 Å². The number of carbonyl (C=O) groups excluding carboxylic acids is 2. The van der Waals surface area contributed by atoms with Crippen molar-refractivity contribution in [2.45, 2.75) is 32.4 Å². The lowest BCUT2D eigenvalue weighted by atomic mass is 9.85. The summed E-state index contributed by atoms with van der Waals surface area (Å²) in [6, 6.07) is 3.30. The van der Waals surface area contributed by atoms with Crippen molar-refractivity contribution in [2.75, 3.05) is 10.6 Å². The number of halogens is 3. The zero-order valence-corrected chi connectivity index (χ0v) is 11.4. The molecule has 1 aromatic carbocycles. The number of alkyl halides is 3. The zero-order chi connectivity index (χ0) is 15.6. The fraction of sp³-hybridized carbons (Fsp3) is 0.429. The largest absolute Gasteiger partial charge is 0.418 e. The van der Waals surface area contributed by atoms with Crippen LogP contribution in [0.25, 0.3) is 0 Å². The van der Waals surface area contributed by atoms with Gasteiger partial charge in [-0.3, -0.25) is 9.59 Å². The van der Waals surface area contributed by atoms with Crippen LogP contribution in [0.2, 0.25) is 0 Å². The molecule has 0 atom stereocenters. The fourth-order valence-electron chi connectivity index (χ4n) is 2.07. The lowest BCUT2D eigenvalue weighted by molar-refractivity contribution is -0.137. The number of nitrogens with one attached hydrogen (secondary N) is 2. The Morgan fingerprint density at radius 3 is 2.33 bits per heavy atom. The summed E-state index contributed by atoms with van der Waals surface area (Å²) in [7, 11) is 0. The van der Waals surface area contributed by atoms with Gasteiger partial charge in [0.25, 0.3) is 0 Å². The van der Waals surface area contributed by atoms with E-state index in [0.29, 0.717) is 12.8 Å². The Labute approximate surface area is 119 Å². The van der Waals surface area contributed by atoms with Gasteiger partial charge in [0.1, 0.15) is 0 Å². The molecule has 4 nitrogen and oxygen atoms in total. The van der Waals surface area contributed by atoms with Crippen molar-refractivity contribution in [3.8, 4) is 0 Å². The summed E-state index contributed by atoms with van der Waals surface area (Å²) in [5.74, 6) is -1.06. The topological polar surface area (TPSA) is 58.2 Å². The van der Waals surface area contributed by atoms with Crippen LogP contribution < -0.4 is 10.6 Å². The van der Waals surface area contributed by atoms with Crippen molar-refractivity contribution in [3.05, 3.63) is 23.8 Å². The molecule has 2 rings (SSSR count). The van der Waals surface area contributed by atoms with Gasteiger partial charge in [0.15, 0.2) is 0 Å². The number of amides is 2. The summed E-state index contributed by atoms with van der Waals surface area (Å²) in [6.07, 6.45) is -2.28. The highest BCUT2D eigenvalue weighted by atomic mass is 19.4. The Morgan fingerprint density at radius 2 is 1.86 bits per heavy atom. The van der Waals surface area contributed by atoms with Crippen LogP contribution in [0.15, 0.2) is 18.2 Å². The van der Waals surface area contributed by atoms with Crippen LogP contribution in [0.1, 0.15) is 31.7 Å². The maximum Gasteiger partial charge on any atom is 0.418 e. The van der Waals surface area contributed by atoms with Crippen LogP contribution in [0.5, 0.6) is 0 Å². The molecule has 0 bridgehead atoms. The molecule has 1 aliphatic carbocycles. The fourth-order valence-corrected chi connectivity index (χ4v) is 2.07. The van der Waals surface area contributed by atoms with Crippen molar-refractivity contribution < 1.29 is 22.8 Å². The molecule has 2 amide bonds. The smallest absolute Gasteiger partial charge is 0.326 e. The van der Waals surface area contributed by atoms with Gasteiger partial charge in [-0.2, -0.15) is 13.2 Å².